The molecule has 1 aromatic heterocycles. The van der Waals surface area contributed by atoms with Crippen LogP contribution in [0, 0.1) is 12.8 Å². The first kappa shape index (κ1) is 16.9. The van der Waals surface area contributed by atoms with Gasteiger partial charge in [-0.25, -0.2) is 4.98 Å². The highest BCUT2D eigenvalue weighted by Gasteiger charge is 2.24. The summed E-state index contributed by atoms with van der Waals surface area (Å²) in [6, 6.07) is 5.92. The van der Waals surface area contributed by atoms with Gasteiger partial charge in [0.1, 0.15) is 5.82 Å². The number of nitrogens with zero attached hydrogens (tertiary/aromatic N) is 3. The standard InChI is InChI=1S/C20H25N3O3/c1-15-21-8-10-22(15)12-17-3-2-9-23(13-17)20(24)7-5-16-4-6-18-19(11-16)26-14-25-18/h4,6,8,10-11,17H,2-3,5,7,9,12-14H2,1H3/t17-/m0/s1. The molecule has 2 aliphatic heterocycles. The zero-order valence-corrected chi connectivity index (χ0v) is 15.2. The van der Waals surface area contributed by atoms with Gasteiger partial charge in [0.25, 0.3) is 0 Å². The number of hydrogen-bond acceptors (Lipinski definition) is 4. The van der Waals surface area contributed by atoms with Gasteiger partial charge in [-0.2, -0.15) is 0 Å². The van der Waals surface area contributed by atoms with Crippen molar-refractivity contribution >= 4 is 5.91 Å². The molecule has 26 heavy (non-hydrogen) atoms. The first-order chi connectivity index (χ1) is 12.7. The third-order valence-electron chi connectivity index (χ3n) is 5.31. The van der Waals surface area contributed by atoms with Gasteiger partial charge in [0.2, 0.25) is 12.7 Å². The largest absolute Gasteiger partial charge is 0.454 e. The molecule has 1 atom stereocenters. The highest BCUT2D eigenvalue weighted by molar-refractivity contribution is 5.76. The highest BCUT2D eigenvalue weighted by atomic mass is 16.7. The summed E-state index contributed by atoms with van der Waals surface area (Å²) in [5, 5.41) is 0. The van der Waals surface area contributed by atoms with Crippen LogP contribution in [0.25, 0.3) is 0 Å². The second-order valence-corrected chi connectivity index (χ2v) is 7.16. The number of carbonyl (C=O) groups excluding carboxylic acids is 1. The Balaban J connectivity index is 1.30. The van der Waals surface area contributed by atoms with Crippen molar-refractivity contribution in [1.82, 2.24) is 14.5 Å². The summed E-state index contributed by atoms with van der Waals surface area (Å²) in [6.07, 6.45) is 7.38. The number of fused-ring (bicyclic) bond motifs is 1. The smallest absolute Gasteiger partial charge is 0.231 e. The van der Waals surface area contributed by atoms with Crippen molar-refractivity contribution in [3.63, 3.8) is 0 Å². The van der Waals surface area contributed by atoms with Crippen LogP contribution in [0.3, 0.4) is 0 Å². The fraction of sp³-hybridized carbons (Fsp3) is 0.500. The van der Waals surface area contributed by atoms with E-state index in [0.717, 1.165) is 55.4 Å². The number of hydrogen-bond donors (Lipinski definition) is 0. The van der Waals surface area contributed by atoms with Gasteiger partial charge in [-0.3, -0.25) is 4.79 Å². The van der Waals surface area contributed by atoms with Crippen molar-refractivity contribution in [2.75, 3.05) is 19.9 Å². The molecule has 0 aliphatic carbocycles. The van der Waals surface area contributed by atoms with Crippen LogP contribution >= 0.6 is 0 Å². The number of aryl methyl sites for hydroxylation is 2. The molecule has 0 N–H and O–H groups in total. The van der Waals surface area contributed by atoms with Gasteiger partial charge >= 0.3 is 0 Å². The van der Waals surface area contributed by atoms with E-state index in [4.69, 9.17) is 9.47 Å². The molecule has 4 rings (SSSR count). The molecule has 138 valence electrons. The Hall–Kier alpha value is -2.50. The quantitative estimate of drug-likeness (QED) is 0.828. The lowest BCUT2D eigenvalue weighted by Gasteiger charge is -2.33. The number of ether oxygens (including phenoxy) is 2. The fourth-order valence-electron chi connectivity index (χ4n) is 3.82. The fourth-order valence-corrected chi connectivity index (χ4v) is 3.82. The van der Waals surface area contributed by atoms with E-state index in [1.165, 1.54) is 6.42 Å². The summed E-state index contributed by atoms with van der Waals surface area (Å²) in [4.78, 5) is 19.0. The van der Waals surface area contributed by atoms with Crippen LogP contribution < -0.4 is 9.47 Å². The lowest BCUT2D eigenvalue weighted by molar-refractivity contribution is -0.133. The molecule has 0 unspecified atom stereocenters. The Morgan fingerprint density at radius 3 is 3.04 bits per heavy atom. The average Bonchev–Trinajstić information content (AvgIpc) is 3.28. The molecule has 0 spiro atoms. The number of carbonyl (C=O) groups is 1. The Kier molecular flexibility index (Phi) is 4.82. The number of likely N-dealkylation sites (tertiary alicyclic amines) is 1. The zero-order valence-electron chi connectivity index (χ0n) is 15.2. The normalized spacial score (nSPS) is 19.0. The second kappa shape index (κ2) is 7.40. The van der Waals surface area contributed by atoms with E-state index < -0.39 is 0 Å². The minimum absolute atomic E-state index is 0.245. The monoisotopic (exact) mass is 355 g/mol. The number of benzene rings is 1. The minimum Gasteiger partial charge on any atom is -0.454 e. The average molecular weight is 355 g/mol. The maximum atomic E-state index is 12.7. The number of piperidine rings is 1. The van der Waals surface area contributed by atoms with E-state index in [2.05, 4.69) is 9.55 Å². The maximum Gasteiger partial charge on any atom is 0.231 e. The molecule has 1 aromatic carbocycles. The van der Waals surface area contributed by atoms with Crippen LogP contribution in [0.15, 0.2) is 30.6 Å². The van der Waals surface area contributed by atoms with Crippen LogP contribution in [0.2, 0.25) is 0 Å². The molecule has 1 saturated heterocycles. The molecule has 2 aromatic rings. The maximum absolute atomic E-state index is 12.7. The number of aromatic nitrogens is 2. The highest BCUT2D eigenvalue weighted by Crippen LogP contribution is 2.32. The van der Waals surface area contributed by atoms with Gasteiger partial charge in [0.15, 0.2) is 11.5 Å². The van der Waals surface area contributed by atoms with Crippen LogP contribution in [0.1, 0.15) is 30.7 Å². The van der Waals surface area contributed by atoms with Gasteiger partial charge in [-0.15, -0.1) is 0 Å². The Labute approximate surface area is 153 Å². The summed E-state index contributed by atoms with van der Waals surface area (Å²) >= 11 is 0. The van der Waals surface area contributed by atoms with Gasteiger partial charge < -0.3 is 18.9 Å². The van der Waals surface area contributed by atoms with E-state index in [9.17, 15) is 4.79 Å². The summed E-state index contributed by atoms with van der Waals surface area (Å²) in [7, 11) is 0. The molecule has 6 heteroatoms. The Morgan fingerprint density at radius 2 is 2.19 bits per heavy atom. The third kappa shape index (κ3) is 3.69. The second-order valence-electron chi connectivity index (χ2n) is 7.16. The lowest BCUT2D eigenvalue weighted by atomic mass is 9.97. The molecule has 0 saturated carbocycles. The van der Waals surface area contributed by atoms with E-state index in [-0.39, 0.29) is 12.7 Å². The van der Waals surface area contributed by atoms with E-state index in [1.54, 1.807) is 0 Å². The van der Waals surface area contributed by atoms with Crippen molar-refractivity contribution < 1.29 is 14.3 Å². The Bertz CT molecular complexity index is 786. The van der Waals surface area contributed by atoms with Crippen molar-refractivity contribution in [2.45, 2.75) is 39.2 Å². The molecule has 0 radical (unpaired) electrons. The lowest BCUT2D eigenvalue weighted by Crippen LogP contribution is -2.41. The molecule has 1 fully saturated rings. The molecule has 6 nitrogen and oxygen atoms in total. The summed E-state index contributed by atoms with van der Waals surface area (Å²) in [5.41, 5.74) is 1.12. The van der Waals surface area contributed by atoms with Gasteiger partial charge in [-0.05, 0) is 49.8 Å². The first-order valence-electron chi connectivity index (χ1n) is 9.33. The summed E-state index contributed by atoms with van der Waals surface area (Å²) in [5.74, 6) is 3.36. The zero-order chi connectivity index (χ0) is 17.9. The number of rotatable bonds is 5. The number of amides is 1. The van der Waals surface area contributed by atoms with Crippen molar-refractivity contribution in [1.29, 1.82) is 0 Å². The van der Waals surface area contributed by atoms with Crippen LogP contribution in [-0.2, 0) is 17.8 Å². The SMILES string of the molecule is Cc1nccn1C[C@@H]1CCCN(C(=O)CCc2ccc3c(c2)OCO3)C1. The van der Waals surface area contributed by atoms with E-state index in [1.807, 2.05) is 42.4 Å². The van der Waals surface area contributed by atoms with Gasteiger partial charge in [0, 0.05) is 38.4 Å². The van der Waals surface area contributed by atoms with Crippen LogP contribution in [0.4, 0.5) is 0 Å². The first-order valence-corrected chi connectivity index (χ1v) is 9.33. The predicted molar refractivity (Wildman–Crippen MR) is 97.2 cm³/mol. The molecule has 0 bridgehead atoms. The molecule has 3 heterocycles. The molecule has 1 amide bonds. The summed E-state index contributed by atoms with van der Waals surface area (Å²) in [6.45, 7) is 4.97. The van der Waals surface area contributed by atoms with E-state index in [0.29, 0.717) is 12.3 Å². The van der Waals surface area contributed by atoms with Crippen molar-refractivity contribution in [3.05, 3.63) is 42.0 Å². The topological polar surface area (TPSA) is 56.6 Å². The number of imidazole rings is 1. The molecule has 2 aliphatic rings. The minimum atomic E-state index is 0.245. The van der Waals surface area contributed by atoms with Crippen molar-refractivity contribution in [3.8, 4) is 11.5 Å². The molecular formula is C20H25N3O3. The third-order valence-corrected chi connectivity index (χ3v) is 5.31. The van der Waals surface area contributed by atoms with E-state index >= 15 is 0 Å². The Morgan fingerprint density at radius 1 is 1.31 bits per heavy atom. The van der Waals surface area contributed by atoms with Crippen molar-refractivity contribution in [2.24, 2.45) is 5.92 Å². The summed E-state index contributed by atoms with van der Waals surface area (Å²) < 4.78 is 12.9. The van der Waals surface area contributed by atoms with Gasteiger partial charge in [0.05, 0.1) is 0 Å². The van der Waals surface area contributed by atoms with Gasteiger partial charge in [-0.1, -0.05) is 6.07 Å². The van der Waals surface area contributed by atoms with Crippen LogP contribution in [-0.4, -0.2) is 40.2 Å². The van der Waals surface area contributed by atoms with Crippen LogP contribution in [0.5, 0.6) is 11.5 Å². The molecular weight excluding hydrogens is 330 g/mol. The predicted octanol–water partition coefficient (Wildman–Crippen LogP) is 2.79.